The van der Waals surface area contributed by atoms with Crippen LogP contribution in [0.1, 0.15) is 0 Å². The maximum Gasteiger partial charge on any atom is 0.104 e. The van der Waals surface area contributed by atoms with E-state index in [9.17, 15) is 4.91 Å². The molecule has 1 aromatic heterocycles. The Morgan fingerprint density at radius 1 is 1.00 bits per heavy atom. The molecular formula is C10H16N2O3. The molecule has 0 fully saturated rings. The van der Waals surface area contributed by atoms with Gasteiger partial charge in [-0.2, -0.15) is 4.91 Å². The van der Waals surface area contributed by atoms with Crippen molar-refractivity contribution in [3.8, 4) is 0 Å². The summed E-state index contributed by atoms with van der Waals surface area (Å²) in [6.07, 6.45) is 3.99. The van der Waals surface area contributed by atoms with Crippen molar-refractivity contribution in [2.24, 2.45) is 5.18 Å². The minimum absolute atomic E-state index is 0.212. The van der Waals surface area contributed by atoms with Crippen LogP contribution in [0.3, 0.4) is 0 Å². The normalized spacial score (nSPS) is 10.4. The Morgan fingerprint density at radius 3 is 2.33 bits per heavy atom. The topological polar surface area (TPSA) is 52.8 Å². The molecule has 0 aromatic carbocycles. The summed E-state index contributed by atoms with van der Waals surface area (Å²) in [7, 11) is 0. The van der Waals surface area contributed by atoms with Crippen LogP contribution < -0.4 is 0 Å². The average molecular weight is 212 g/mol. The standard InChI is InChI=1S/C10H16N2O3/c13-11-3-7-14-9-10-15-8-6-12-4-1-2-5-12/h1-2,4-5H,3,6-10H2. The predicted octanol–water partition coefficient (Wildman–Crippen LogP) is 1.29. The van der Waals surface area contributed by atoms with Crippen LogP contribution in [0.2, 0.25) is 0 Å². The maximum atomic E-state index is 9.71. The van der Waals surface area contributed by atoms with Gasteiger partial charge in [0, 0.05) is 18.9 Å². The van der Waals surface area contributed by atoms with Crippen LogP contribution in [0.4, 0.5) is 0 Å². The minimum Gasteiger partial charge on any atom is -0.377 e. The highest BCUT2D eigenvalue weighted by atomic mass is 16.5. The van der Waals surface area contributed by atoms with Crippen LogP contribution in [0.15, 0.2) is 29.7 Å². The molecule has 1 aromatic rings. The minimum atomic E-state index is 0.212. The fourth-order valence-corrected chi connectivity index (χ4v) is 1.11. The molecule has 0 atom stereocenters. The monoisotopic (exact) mass is 212 g/mol. The van der Waals surface area contributed by atoms with Crippen molar-refractivity contribution < 1.29 is 9.47 Å². The van der Waals surface area contributed by atoms with Gasteiger partial charge in [0.1, 0.15) is 6.54 Å². The van der Waals surface area contributed by atoms with Crippen LogP contribution in [0.5, 0.6) is 0 Å². The summed E-state index contributed by atoms with van der Waals surface area (Å²) < 4.78 is 12.5. The van der Waals surface area contributed by atoms with Crippen molar-refractivity contribution in [1.29, 1.82) is 0 Å². The molecular weight excluding hydrogens is 196 g/mol. The fraction of sp³-hybridized carbons (Fsp3) is 0.600. The molecule has 0 N–H and O–H groups in total. The highest BCUT2D eigenvalue weighted by Crippen LogP contribution is 1.90. The zero-order valence-corrected chi connectivity index (χ0v) is 8.67. The van der Waals surface area contributed by atoms with Gasteiger partial charge in [-0.25, -0.2) is 0 Å². The van der Waals surface area contributed by atoms with E-state index in [1.54, 1.807) is 0 Å². The van der Waals surface area contributed by atoms with Gasteiger partial charge in [-0.3, -0.25) is 0 Å². The molecule has 0 aliphatic heterocycles. The van der Waals surface area contributed by atoms with E-state index in [4.69, 9.17) is 9.47 Å². The average Bonchev–Trinajstić information content (AvgIpc) is 2.75. The fourth-order valence-electron chi connectivity index (χ4n) is 1.11. The lowest BCUT2D eigenvalue weighted by Gasteiger charge is -2.05. The summed E-state index contributed by atoms with van der Waals surface area (Å²) in [6, 6.07) is 3.96. The molecule has 0 spiro atoms. The van der Waals surface area contributed by atoms with E-state index in [0.717, 1.165) is 6.54 Å². The predicted molar refractivity (Wildman–Crippen MR) is 56.7 cm³/mol. The van der Waals surface area contributed by atoms with E-state index in [2.05, 4.69) is 9.74 Å². The third kappa shape index (κ3) is 5.98. The van der Waals surface area contributed by atoms with Crippen LogP contribution in [-0.2, 0) is 16.0 Å². The molecule has 15 heavy (non-hydrogen) atoms. The van der Waals surface area contributed by atoms with Crippen LogP contribution >= 0.6 is 0 Å². The third-order valence-electron chi connectivity index (χ3n) is 1.86. The van der Waals surface area contributed by atoms with Gasteiger partial charge in [0.15, 0.2) is 0 Å². The van der Waals surface area contributed by atoms with Crippen molar-refractivity contribution in [3.63, 3.8) is 0 Å². The lowest BCUT2D eigenvalue weighted by Crippen LogP contribution is -2.10. The van der Waals surface area contributed by atoms with Gasteiger partial charge in [0.2, 0.25) is 0 Å². The Kier molecular flexibility index (Phi) is 6.44. The van der Waals surface area contributed by atoms with Crippen molar-refractivity contribution in [2.45, 2.75) is 6.54 Å². The van der Waals surface area contributed by atoms with E-state index < -0.39 is 0 Å². The molecule has 0 saturated carbocycles. The summed E-state index contributed by atoms with van der Waals surface area (Å²) in [5.74, 6) is 0. The second kappa shape index (κ2) is 8.14. The Hall–Kier alpha value is -1.20. The van der Waals surface area contributed by atoms with Gasteiger partial charge in [-0.05, 0) is 12.1 Å². The molecule has 5 nitrogen and oxygen atoms in total. The van der Waals surface area contributed by atoms with Crippen LogP contribution in [0, 0.1) is 4.91 Å². The van der Waals surface area contributed by atoms with E-state index in [1.165, 1.54) is 0 Å². The number of ether oxygens (including phenoxy) is 2. The lowest BCUT2D eigenvalue weighted by molar-refractivity contribution is 0.0477. The third-order valence-corrected chi connectivity index (χ3v) is 1.86. The van der Waals surface area contributed by atoms with E-state index in [1.807, 2.05) is 24.5 Å². The maximum absolute atomic E-state index is 9.71. The van der Waals surface area contributed by atoms with Gasteiger partial charge in [-0.15, -0.1) is 0 Å². The van der Waals surface area contributed by atoms with E-state index in [-0.39, 0.29) is 6.54 Å². The molecule has 0 aliphatic carbocycles. The highest BCUT2D eigenvalue weighted by Gasteiger charge is 1.91. The van der Waals surface area contributed by atoms with E-state index >= 15 is 0 Å². The first-order valence-corrected chi connectivity index (χ1v) is 4.99. The SMILES string of the molecule is O=NCCOCCOCCn1cccc1. The lowest BCUT2D eigenvalue weighted by atomic mass is 10.6. The number of hydrogen-bond acceptors (Lipinski definition) is 4. The van der Waals surface area contributed by atoms with Gasteiger partial charge in [0.05, 0.1) is 26.4 Å². The number of rotatable bonds is 9. The van der Waals surface area contributed by atoms with Crippen molar-refractivity contribution in [3.05, 3.63) is 29.4 Å². The highest BCUT2D eigenvalue weighted by molar-refractivity contribution is 4.89. The molecule has 5 heteroatoms. The Morgan fingerprint density at radius 2 is 1.67 bits per heavy atom. The zero-order valence-electron chi connectivity index (χ0n) is 8.67. The molecule has 0 bridgehead atoms. The first kappa shape index (κ1) is 11.9. The second-order valence-corrected chi connectivity index (χ2v) is 3.00. The van der Waals surface area contributed by atoms with Gasteiger partial charge in [0.25, 0.3) is 0 Å². The van der Waals surface area contributed by atoms with Crippen LogP contribution in [0.25, 0.3) is 0 Å². The Bertz CT molecular complexity index is 249. The first-order valence-electron chi connectivity index (χ1n) is 4.99. The summed E-state index contributed by atoms with van der Waals surface area (Å²) in [6.45, 7) is 3.18. The first-order chi connectivity index (χ1) is 7.43. The molecule has 0 amide bonds. The number of nitrogens with zero attached hydrogens (tertiary/aromatic N) is 2. The molecule has 84 valence electrons. The molecule has 1 heterocycles. The van der Waals surface area contributed by atoms with Crippen molar-refractivity contribution >= 4 is 0 Å². The largest absolute Gasteiger partial charge is 0.377 e. The van der Waals surface area contributed by atoms with E-state index in [0.29, 0.717) is 26.4 Å². The van der Waals surface area contributed by atoms with Crippen molar-refractivity contribution in [1.82, 2.24) is 4.57 Å². The molecule has 0 saturated heterocycles. The molecule has 0 unspecified atom stereocenters. The number of hydrogen-bond donors (Lipinski definition) is 0. The second-order valence-electron chi connectivity index (χ2n) is 3.00. The summed E-state index contributed by atoms with van der Waals surface area (Å²) >= 11 is 0. The summed E-state index contributed by atoms with van der Waals surface area (Å²) in [5, 5.41) is 2.68. The Labute approximate surface area is 89.0 Å². The Balaban J connectivity index is 1.83. The van der Waals surface area contributed by atoms with Gasteiger partial charge in [-0.1, -0.05) is 5.18 Å². The zero-order chi connectivity index (χ0) is 10.8. The smallest absolute Gasteiger partial charge is 0.104 e. The van der Waals surface area contributed by atoms with Crippen molar-refractivity contribution in [2.75, 3.05) is 33.0 Å². The van der Waals surface area contributed by atoms with Gasteiger partial charge < -0.3 is 14.0 Å². The summed E-state index contributed by atoms with van der Waals surface area (Å²) in [5.41, 5.74) is 0. The molecule has 0 aliphatic rings. The molecule has 1 rings (SSSR count). The number of nitroso groups, excluding NO2 is 1. The summed E-state index contributed by atoms with van der Waals surface area (Å²) in [4.78, 5) is 9.71. The number of aromatic nitrogens is 1. The quantitative estimate of drug-likeness (QED) is 0.458. The van der Waals surface area contributed by atoms with Crippen LogP contribution in [-0.4, -0.2) is 37.5 Å². The van der Waals surface area contributed by atoms with Gasteiger partial charge >= 0.3 is 0 Å². The molecule has 0 radical (unpaired) electrons.